The molecule has 0 bridgehead atoms. The second-order valence-electron chi connectivity index (χ2n) is 7.77. The summed E-state index contributed by atoms with van der Waals surface area (Å²) in [6.07, 6.45) is 7.27. The Bertz CT molecular complexity index is 359. The van der Waals surface area contributed by atoms with Crippen molar-refractivity contribution in [3.05, 3.63) is 0 Å². The van der Waals surface area contributed by atoms with E-state index in [1.165, 1.54) is 44.9 Å². The van der Waals surface area contributed by atoms with Crippen molar-refractivity contribution in [3.8, 4) is 0 Å². The summed E-state index contributed by atoms with van der Waals surface area (Å²) in [6, 6.07) is -0.845. The van der Waals surface area contributed by atoms with Crippen LogP contribution in [0.1, 0.15) is 77.6 Å². The molecule has 7 heteroatoms. The van der Waals surface area contributed by atoms with Crippen molar-refractivity contribution < 1.29 is 30.3 Å². The molecule has 0 aromatic rings. The summed E-state index contributed by atoms with van der Waals surface area (Å²) in [5.41, 5.74) is 0. The average molecular weight is 392 g/mol. The Kier molecular flexibility index (Phi) is 13.5. The van der Waals surface area contributed by atoms with Gasteiger partial charge in [-0.2, -0.15) is 0 Å². The normalized spacial score (nSPS) is 29.8. The van der Waals surface area contributed by atoms with Crippen molar-refractivity contribution >= 4 is 0 Å². The van der Waals surface area contributed by atoms with Gasteiger partial charge in [0.25, 0.3) is 0 Å². The molecule has 7 nitrogen and oxygen atoms in total. The SMILES string of the molecule is CCCCCCCCCCCC(O)CCN[C@H]1C(O)O[C@H](CO)[C@@H](O)[C@@H]1O. The van der Waals surface area contributed by atoms with Crippen LogP contribution < -0.4 is 5.32 Å². The van der Waals surface area contributed by atoms with Gasteiger partial charge in [-0.25, -0.2) is 0 Å². The maximum Gasteiger partial charge on any atom is 0.173 e. The Labute approximate surface area is 163 Å². The van der Waals surface area contributed by atoms with Crippen molar-refractivity contribution in [1.29, 1.82) is 0 Å². The molecule has 6 atom stereocenters. The van der Waals surface area contributed by atoms with Gasteiger partial charge in [-0.05, 0) is 19.4 Å². The van der Waals surface area contributed by atoms with E-state index < -0.39 is 43.4 Å². The lowest BCUT2D eigenvalue weighted by molar-refractivity contribution is -0.254. The average Bonchev–Trinajstić information content (AvgIpc) is 2.66. The summed E-state index contributed by atoms with van der Waals surface area (Å²) in [7, 11) is 0. The van der Waals surface area contributed by atoms with E-state index >= 15 is 0 Å². The predicted molar refractivity (Wildman–Crippen MR) is 104 cm³/mol. The Balaban J connectivity index is 2.06. The molecular formula is C20H41NO6. The molecule has 0 amide bonds. The number of hydrogen-bond donors (Lipinski definition) is 6. The van der Waals surface area contributed by atoms with Crippen molar-refractivity contribution in [2.45, 2.75) is 114 Å². The molecule has 1 saturated heterocycles. The van der Waals surface area contributed by atoms with Gasteiger partial charge < -0.3 is 35.6 Å². The first-order chi connectivity index (χ1) is 13.0. The second-order valence-corrected chi connectivity index (χ2v) is 7.77. The summed E-state index contributed by atoms with van der Waals surface area (Å²) in [5.74, 6) is 0. The molecule has 6 N–H and O–H groups in total. The zero-order valence-corrected chi connectivity index (χ0v) is 16.8. The highest BCUT2D eigenvalue weighted by molar-refractivity contribution is 4.92. The first kappa shape index (κ1) is 24.8. The fourth-order valence-electron chi connectivity index (χ4n) is 3.57. The fraction of sp³-hybridized carbons (Fsp3) is 1.00. The van der Waals surface area contributed by atoms with Gasteiger partial charge in [-0.15, -0.1) is 0 Å². The minimum Gasteiger partial charge on any atom is -0.394 e. The van der Waals surface area contributed by atoms with Crippen molar-refractivity contribution in [1.82, 2.24) is 5.32 Å². The number of unbranched alkanes of at least 4 members (excludes halogenated alkanes) is 8. The van der Waals surface area contributed by atoms with E-state index in [2.05, 4.69) is 12.2 Å². The van der Waals surface area contributed by atoms with Gasteiger partial charge in [0.1, 0.15) is 18.3 Å². The highest BCUT2D eigenvalue weighted by atomic mass is 16.6. The molecule has 0 aromatic heterocycles. The lowest BCUT2D eigenvalue weighted by atomic mass is 9.97. The number of aliphatic hydroxyl groups excluding tert-OH is 5. The van der Waals surface area contributed by atoms with Crippen LogP contribution in [-0.2, 0) is 4.74 Å². The molecule has 2 unspecified atom stereocenters. The number of rotatable bonds is 15. The maximum absolute atomic E-state index is 10.1. The molecule has 1 heterocycles. The Hall–Kier alpha value is -0.280. The first-order valence-electron chi connectivity index (χ1n) is 10.7. The first-order valence-corrected chi connectivity index (χ1v) is 10.7. The maximum atomic E-state index is 10.1. The van der Waals surface area contributed by atoms with Gasteiger partial charge in [0.15, 0.2) is 6.29 Å². The molecule has 0 saturated carbocycles. The highest BCUT2D eigenvalue weighted by Crippen LogP contribution is 2.20. The van der Waals surface area contributed by atoms with Gasteiger partial charge in [0.05, 0.1) is 18.8 Å². The topological polar surface area (TPSA) is 122 Å². The van der Waals surface area contributed by atoms with Crippen LogP contribution in [0.15, 0.2) is 0 Å². The Morgan fingerprint density at radius 1 is 0.852 bits per heavy atom. The van der Waals surface area contributed by atoms with Crippen LogP contribution in [0.5, 0.6) is 0 Å². The summed E-state index contributed by atoms with van der Waals surface area (Å²) in [6.45, 7) is 2.15. The minimum atomic E-state index is -1.31. The van der Waals surface area contributed by atoms with Crippen molar-refractivity contribution in [3.63, 3.8) is 0 Å². The van der Waals surface area contributed by atoms with Crippen LogP contribution >= 0.6 is 0 Å². The molecule has 1 rings (SSSR count). The molecule has 0 spiro atoms. The second kappa shape index (κ2) is 14.7. The molecule has 1 aliphatic heterocycles. The predicted octanol–water partition coefficient (Wildman–Crippen LogP) is 1.05. The molecule has 0 radical (unpaired) electrons. The highest BCUT2D eigenvalue weighted by Gasteiger charge is 2.43. The third-order valence-corrected chi connectivity index (χ3v) is 5.40. The molecule has 162 valence electrons. The summed E-state index contributed by atoms with van der Waals surface area (Å²) in [4.78, 5) is 0. The quantitative estimate of drug-likeness (QED) is 0.231. The monoisotopic (exact) mass is 391 g/mol. The van der Waals surface area contributed by atoms with E-state index in [1.807, 2.05) is 0 Å². The van der Waals surface area contributed by atoms with Crippen LogP contribution in [0.3, 0.4) is 0 Å². The number of hydrogen-bond acceptors (Lipinski definition) is 7. The summed E-state index contributed by atoms with van der Waals surface area (Å²) in [5, 5.41) is 51.8. The van der Waals surface area contributed by atoms with Crippen molar-refractivity contribution in [2.24, 2.45) is 0 Å². The van der Waals surface area contributed by atoms with Gasteiger partial charge >= 0.3 is 0 Å². The molecule has 0 aromatic carbocycles. The Morgan fingerprint density at radius 3 is 2.04 bits per heavy atom. The molecule has 27 heavy (non-hydrogen) atoms. The number of aliphatic hydroxyl groups is 5. The van der Waals surface area contributed by atoms with Crippen LogP contribution in [0, 0.1) is 0 Å². The molecule has 1 fully saturated rings. The van der Waals surface area contributed by atoms with E-state index in [1.54, 1.807) is 0 Å². The molecule has 0 aliphatic carbocycles. The van der Waals surface area contributed by atoms with Gasteiger partial charge in [0.2, 0.25) is 0 Å². The lowest BCUT2D eigenvalue weighted by Crippen LogP contribution is -2.63. The molecular weight excluding hydrogens is 350 g/mol. The zero-order valence-electron chi connectivity index (χ0n) is 16.8. The lowest BCUT2D eigenvalue weighted by Gasteiger charge is -2.40. The van der Waals surface area contributed by atoms with E-state index in [0.29, 0.717) is 13.0 Å². The van der Waals surface area contributed by atoms with Gasteiger partial charge in [0, 0.05) is 0 Å². The summed E-state index contributed by atoms with van der Waals surface area (Å²) < 4.78 is 5.09. The number of nitrogens with one attached hydrogen (secondary N) is 1. The van der Waals surface area contributed by atoms with Crippen molar-refractivity contribution in [2.75, 3.05) is 13.2 Å². The minimum absolute atomic E-state index is 0.400. The molecule has 1 aliphatic rings. The largest absolute Gasteiger partial charge is 0.394 e. The standard InChI is InChI=1S/C20H41NO6/c1-2-3-4-5-6-7-8-9-10-11-15(23)12-13-21-17-19(25)18(24)16(14-22)27-20(17)26/h15-26H,2-14H2,1H3/t15?,16-,17-,18-,19-,20?/m1/s1. The van der Waals surface area contributed by atoms with E-state index in [9.17, 15) is 20.4 Å². The van der Waals surface area contributed by atoms with E-state index in [0.717, 1.165) is 19.3 Å². The van der Waals surface area contributed by atoms with Crippen LogP contribution in [0.25, 0.3) is 0 Å². The van der Waals surface area contributed by atoms with Crippen LogP contribution in [0.2, 0.25) is 0 Å². The van der Waals surface area contributed by atoms with E-state index in [4.69, 9.17) is 9.84 Å². The smallest absolute Gasteiger partial charge is 0.173 e. The van der Waals surface area contributed by atoms with Gasteiger partial charge in [-0.1, -0.05) is 64.7 Å². The van der Waals surface area contributed by atoms with Crippen LogP contribution in [-0.4, -0.2) is 75.4 Å². The zero-order chi connectivity index (χ0) is 20.1. The number of ether oxygens (including phenoxy) is 1. The third kappa shape index (κ3) is 9.65. The van der Waals surface area contributed by atoms with E-state index in [-0.39, 0.29) is 0 Å². The van der Waals surface area contributed by atoms with Gasteiger partial charge in [-0.3, -0.25) is 0 Å². The third-order valence-electron chi connectivity index (χ3n) is 5.40. The summed E-state index contributed by atoms with van der Waals surface area (Å²) >= 11 is 0. The van der Waals surface area contributed by atoms with Crippen LogP contribution in [0.4, 0.5) is 0 Å². The Morgan fingerprint density at radius 2 is 1.44 bits per heavy atom. The fourth-order valence-corrected chi connectivity index (χ4v) is 3.57.